The summed E-state index contributed by atoms with van der Waals surface area (Å²) in [4.78, 5) is 10.5. The molecule has 2 nitrogen and oxygen atoms in total. The maximum atomic E-state index is 5.27. The second-order valence-electron chi connectivity index (χ2n) is 4.50. The smallest absolute Gasteiger partial charge is 0.153 e. The molecular formula is C18H18O2. The number of hydrogen-bond donors (Lipinski definition) is 0. The van der Waals surface area contributed by atoms with E-state index in [1.807, 2.05) is 86.7 Å². The van der Waals surface area contributed by atoms with Crippen LogP contribution in [0.25, 0.3) is 12.2 Å². The van der Waals surface area contributed by atoms with Gasteiger partial charge in [-0.3, -0.25) is 9.78 Å². The van der Waals surface area contributed by atoms with E-state index in [0.717, 1.165) is 11.1 Å². The van der Waals surface area contributed by atoms with Gasteiger partial charge < -0.3 is 0 Å². The van der Waals surface area contributed by atoms with E-state index in [9.17, 15) is 0 Å². The summed E-state index contributed by atoms with van der Waals surface area (Å²) in [6, 6.07) is 20.0. The van der Waals surface area contributed by atoms with E-state index < -0.39 is 0 Å². The zero-order chi connectivity index (χ0) is 14.2. The van der Waals surface area contributed by atoms with Crippen molar-refractivity contribution in [1.29, 1.82) is 0 Å². The Morgan fingerprint density at radius 3 is 1.35 bits per heavy atom. The number of benzene rings is 2. The van der Waals surface area contributed by atoms with Crippen molar-refractivity contribution in [2.75, 3.05) is 0 Å². The first-order valence-corrected chi connectivity index (χ1v) is 6.55. The Morgan fingerprint density at radius 1 is 0.650 bits per heavy atom. The highest BCUT2D eigenvalue weighted by Gasteiger charge is 1.96. The predicted octanol–water partition coefficient (Wildman–Crippen LogP) is 5.06. The van der Waals surface area contributed by atoms with E-state index in [1.165, 1.54) is 0 Å². The average molecular weight is 266 g/mol. The molecule has 0 saturated heterocycles. The minimum Gasteiger partial charge on any atom is -0.295 e. The van der Waals surface area contributed by atoms with E-state index in [0.29, 0.717) is 11.5 Å². The quantitative estimate of drug-likeness (QED) is 0.428. The molecule has 0 heterocycles. The van der Waals surface area contributed by atoms with E-state index >= 15 is 0 Å². The molecule has 0 radical (unpaired) electrons. The monoisotopic (exact) mass is 266 g/mol. The van der Waals surface area contributed by atoms with Crippen LogP contribution in [-0.2, 0) is 9.78 Å². The average Bonchev–Trinajstić information content (AvgIpc) is 2.47. The molecule has 0 aliphatic rings. The molecule has 0 amide bonds. The van der Waals surface area contributed by atoms with Crippen LogP contribution in [0.4, 0.5) is 0 Å². The van der Waals surface area contributed by atoms with Crippen LogP contribution in [0.5, 0.6) is 0 Å². The fraction of sp³-hybridized carbons (Fsp3) is 0.111. The van der Waals surface area contributed by atoms with Crippen molar-refractivity contribution < 1.29 is 9.78 Å². The van der Waals surface area contributed by atoms with Crippen molar-refractivity contribution in [3.05, 3.63) is 83.3 Å². The van der Waals surface area contributed by atoms with E-state index in [2.05, 4.69) is 0 Å². The fourth-order valence-corrected chi connectivity index (χ4v) is 1.75. The maximum absolute atomic E-state index is 5.27. The van der Waals surface area contributed by atoms with Crippen molar-refractivity contribution in [3.63, 3.8) is 0 Å². The Hall–Kier alpha value is -2.48. The van der Waals surface area contributed by atoms with Gasteiger partial charge in [0.1, 0.15) is 0 Å². The lowest BCUT2D eigenvalue weighted by Crippen LogP contribution is -1.90. The summed E-state index contributed by atoms with van der Waals surface area (Å²) in [7, 11) is 0. The summed E-state index contributed by atoms with van der Waals surface area (Å²) >= 11 is 0. The van der Waals surface area contributed by atoms with Gasteiger partial charge >= 0.3 is 0 Å². The topological polar surface area (TPSA) is 18.5 Å². The van der Waals surface area contributed by atoms with E-state index in [4.69, 9.17) is 9.78 Å². The molecule has 0 unspecified atom stereocenters. The van der Waals surface area contributed by atoms with Crippen LogP contribution in [0.3, 0.4) is 0 Å². The molecule has 0 fully saturated rings. The first-order valence-electron chi connectivity index (χ1n) is 6.55. The molecule has 2 aromatic carbocycles. The summed E-state index contributed by atoms with van der Waals surface area (Å²) < 4.78 is 0. The Kier molecular flexibility index (Phi) is 5.01. The van der Waals surface area contributed by atoms with Crippen LogP contribution in [0.15, 0.2) is 72.2 Å². The summed E-state index contributed by atoms with van der Waals surface area (Å²) in [5, 5.41) is 0. The molecule has 0 aliphatic carbocycles. The van der Waals surface area contributed by atoms with E-state index in [1.54, 1.807) is 0 Å². The van der Waals surface area contributed by atoms with Gasteiger partial charge in [-0.1, -0.05) is 60.7 Å². The SMILES string of the molecule is CC(=Cc1ccccc1)OOC(C)=Cc1ccccc1. The van der Waals surface area contributed by atoms with Crippen LogP contribution in [-0.4, -0.2) is 0 Å². The van der Waals surface area contributed by atoms with Crippen LogP contribution in [0.2, 0.25) is 0 Å². The third-order valence-electron chi connectivity index (χ3n) is 2.64. The van der Waals surface area contributed by atoms with Gasteiger partial charge in [-0.05, 0) is 37.1 Å². The predicted molar refractivity (Wildman–Crippen MR) is 82.4 cm³/mol. The third-order valence-corrected chi connectivity index (χ3v) is 2.64. The summed E-state index contributed by atoms with van der Waals surface area (Å²) in [6.07, 6.45) is 3.85. The molecule has 0 N–H and O–H groups in total. The first-order chi connectivity index (χ1) is 9.74. The second-order valence-corrected chi connectivity index (χ2v) is 4.50. The van der Waals surface area contributed by atoms with Gasteiger partial charge in [-0.15, -0.1) is 0 Å². The molecule has 0 atom stereocenters. The minimum atomic E-state index is 0.706. The van der Waals surface area contributed by atoms with Crippen molar-refractivity contribution >= 4 is 12.2 Å². The maximum Gasteiger partial charge on any atom is 0.153 e. The van der Waals surface area contributed by atoms with Gasteiger partial charge in [0, 0.05) is 0 Å². The van der Waals surface area contributed by atoms with Gasteiger partial charge in [0.05, 0.1) is 0 Å². The highest BCUT2D eigenvalue weighted by atomic mass is 17.2. The Morgan fingerprint density at radius 2 is 1.00 bits per heavy atom. The van der Waals surface area contributed by atoms with Crippen molar-refractivity contribution in [2.24, 2.45) is 0 Å². The number of hydrogen-bond acceptors (Lipinski definition) is 2. The van der Waals surface area contributed by atoms with Crippen LogP contribution >= 0.6 is 0 Å². The molecule has 2 aromatic rings. The van der Waals surface area contributed by atoms with Gasteiger partial charge in [0.25, 0.3) is 0 Å². The fourth-order valence-electron chi connectivity index (χ4n) is 1.75. The second kappa shape index (κ2) is 7.19. The lowest BCUT2D eigenvalue weighted by Gasteiger charge is -2.06. The Bertz CT molecular complexity index is 528. The zero-order valence-corrected chi connectivity index (χ0v) is 11.7. The molecule has 102 valence electrons. The van der Waals surface area contributed by atoms with Crippen LogP contribution in [0.1, 0.15) is 25.0 Å². The van der Waals surface area contributed by atoms with Gasteiger partial charge in [0.15, 0.2) is 11.5 Å². The molecule has 0 bridgehead atoms. The molecule has 0 aliphatic heterocycles. The van der Waals surface area contributed by atoms with E-state index in [-0.39, 0.29) is 0 Å². The Labute approximate surface area is 119 Å². The minimum absolute atomic E-state index is 0.706. The molecule has 2 rings (SSSR count). The molecular weight excluding hydrogens is 248 g/mol. The van der Waals surface area contributed by atoms with Crippen LogP contribution < -0.4 is 0 Å². The van der Waals surface area contributed by atoms with Crippen molar-refractivity contribution in [3.8, 4) is 0 Å². The Balaban J connectivity index is 1.92. The lowest BCUT2D eigenvalue weighted by atomic mass is 10.2. The molecule has 2 heteroatoms. The number of rotatable bonds is 5. The van der Waals surface area contributed by atoms with Gasteiger partial charge in [0.2, 0.25) is 0 Å². The highest BCUT2D eigenvalue weighted by molar-refractivity contribution is 5.51. The summed E-state index contributed by atoms with van der Waals surface area (Å²) in [5.41, 5.74) is 2.16. The highest BCUT2D eigenvalue weighted by Crippen LogP contribution is 2.12. The molecule has 0 aromatic heterocycles. The first kappa shape index (κ1) is 13.9. The number of allylic oxidation sites excluding steroid dienone is 2. The van der Waals surface area contributed by atoms with Gasteiger partial charge in [-0.25, -0.2) is 0 Å². The summed E-state index contributed by atoms with van der Waals surface area (Å²) in [6.45, 7) is 3.73. The lowest BCUT2D eigenvalue weighted by molar-refractivity contribution is -0.222. The van der Waals surface area contributed by atoms with Crippen LogP contribution in [0, 0.1) is 0 Å². The summed E-state index contributed by atoms with van der Waals surface area (Å²) in [5.74, 6) is 1.41. The van der Waals surface area contributed by atoms with Gasteiger partial charge in [-0.2, -0.15) is 0 Å². The largest absolute Gasteiger partial charge is 0.295 e. The van der Waals surface area contributed by atoms with Crippen molar-refractivity contribution in [1.82, 2.24) is 0 Å². The third kappa shape index (κ3) is 4.65. The van der Waals surface area contributed by atoms with Crippen molar-refractivity contribution in [2.45, 2.75) is 13.8 Å². The molecule has 0 saturated carbocycles. The molecule has 20 heavy (non-hydrogen) atoms. The molecule has 0 spiro atoms. The zero-order valence-electron chi connectivity index (χ0n) is 11.7. The standard InChI is InChI=1S/C18H18O2/c1-15(13-17-9-5-3-6-10-17)19-20-16(2)14-18-11-7-4-8-12-18/h3-14H,1-2H3. The normalized spacial score (nSPS) is 12.1.